The van der Waals surface area contributed by atoms with Crippen molar-refractivity contribution in [2.45, 2.75) is 24.4 Å². The van der Waals surface area contributed by atoms with Gasteiger partial charge in [-0.05, 0) is 36.3 Å². The summed E-state index contributed by atoms with van der Waals surface area (Å²) >= 11 is 0. The van der Waals surface area contributed by atoms with Gasteiger partial charge in [-0.15, -0.1) is 5.10 Å². The average Bonchev–Trinajstić information content (AvgIpc) is 3.29. The van der Waals surface area contributed by atoms with Crippen molar-refractivity contribution in [3.05, 3.63) is 71.4 Å². The third kappa shape index (κ3) is 2.22. The maximum absolute atomic E-state index is 13.4. The first kappa shape index (κ1) is 16.3. The van der Waals surface area contributed by atoms with Gasteiger partial charge in [-0.3, -0.25) is 4.31 Å². The molecule has 5 rings (SSSR count). The Bertz CT molecular complexity index is 1130. The van der Waals surface area contributed by atoms with Gasteiger partial charge in [-0.25, -0.2) is 13.1 Å². The van der Waals surface area contributed by atoms with Crippen LogP contribution in [0.2, 0.25) is 0 Å². The van der Waals surface area contributed by atoms with Crippen LogP contribution in [0.4, 0.5) is 0 Å². The Balaban J connectivity index is 1.66. The maximum Gasteiger partial charge on any atom is 0.264 e. The van der Waals surface area contributed by atoms with E-state index in [1.165, 1.54) is 4.31 Å². The fourth-order valence-corrected chi connectivity index (χ4v) is 5.62. The van der Waals surface area contributed by atoms with Crippen LogP contribution in [0.5, 0.6) is 0 Å². The van der Waals surface area contributed by atoms with Gasteiger partial charge in [0, 0.05) is 12.1 Å². The molecule has 3 aliphatic rings. The second kappa shape index (κ2) is 5.56. The van der Waals surface area contributed by atoms with Gasteiger partial charge in [0.1, 0.15) is 11.8 Å². The van der Waals surface area contributed by atoms with Gasteiger partial charge in [0.15, 0.2) is 0 Å². The summed E-state index contributed by atoms with van der Waals surface area (Å²) < 4.78 is 35.6. The minimum absolute atomic E-state index is 0.0869. The Labute approximate surface area is 157 Å². The van der Waals surface area contributed by atoms with Crippen LogP contribution in [0.1, 0.15) is 11.3 Å². The molecule has 7 nitrogen and oxygen atoms in total. The van der Waals surface area contributed by atoms with Gasteiger partial charge >= 0.3 is 0 Å². The fourth-order valence-electron chi connectivity index (χ4n) is 4.10. The van der Waals surface area contributed by atoms with E-state index in [-0.39, 0.29) is 10.8 Å². The summed E-state index contributed by atoms with van der Waals surface area (Å²) in [5.74, 6) is 0.544. The van der Waals surface area contributed by atoms with Gasteiger partial charge in [0.25, 0.3) is 10.0 Å². The second-order valence-electron chi connectivity index (χ2n) is 6.95. The minimum atomic E-state index is -3.71. The standard InChI is InChI=1S/C19H18N4O3S/c1-12-3-5-14(6-4-12)27(24,25)23-11-13-10-22-16(9-20-21-22)15-7-8-17(26-2)19(23)18(13)15/h3-9,11,18-19H,10H2,1-2H3/t18-,19+/m1/s1. The highest BCUT2D eigenvalue weighted by Gasteiger charge is 2.49. The van der Waals surface area contributed by atoms with E-state index in [2.05, 4.69) is 10.3 Å². The summed E-state index contributed by atoms with van der Waals surface area (Å²) in [5.41, 5.74) is 3.94. The molecule has 0 radical (unpaired) electrons. The number of fused-ring (bicyclic) bond motifs is 2. The quantitative estimate of drug-likeness (QED) is 0.812. The predicted octanol–water partition coefficient (Wildman–Crippen LogP) is 2.10. The van der Waals surface area contributed by atoms with Crippen LogP contribution in [0.25, 0.3) is 5.57 Å². The number of aryl methyl sites for hydroxylation is 1. The highest BCUT2D eigenvalue weighted by molar-refractivity contribution is 7.89. The molecule has 8 heteroatoms. The van der Waals surface area contributed by atoms with Crippen LogP contribution in [0.15, 0.2) is 65.0 Å². The molecule has 0 saturated carbocycles. The molecule has 27 heavy (non-hydrogen) atoms. The Morgan fingerprint density at radius 2 is 1.96 bits per heavy atom. The van der Waals surface area contributed by atoms with Crippen LogP contribution < -0.4 is 0 Å². The van der Waals surface area contributed by atoms with Gasteiger partial charge in [-0.1, -0.05) is 29.0 Å². The third-order valence-corrected chi connectivity index (χ3v) is 7.17. The van der Waals surface area contributed by atoms with E-state index in [4.69, 9.17) is 4.74 Å². The third-order valence-electron chi connectivity index (χ3n) is 5.41. The van der Waals surface area contributed by atoms with E-state index in [0.717, 1.165) is 22.4 Å². The molecular formula is C19H18N4O3S. The number of rotatable bonds is 3. The minimum Gasteiger partial charge on any atom is -0.499 e. The smallest absolute Gasteiger partial charge is 0.264 e. The molecule has 138 valence electrons. The average molecular weight is 382 g/mol. The van der Waals surface area contributed by atoms with E-state index in [0.29, 0.717) is 12.3 Å². The topological polar surface area (TPSA) is 77.3 Å². The highest BCUT2D eigenvalue weighted by atomic mass is 32.2. The SMILES string of the molecule is COC1=CC=C2c3cnnn3CC3=CN(S(=O)(=O)c4ccc(C)cc4)[C@@H]1[C@H]32. The van der Waals surface area contributed by atoms with E-state index >= 15 is 0 Å². The summed E-state index contributed by atoms with van der Waals surface area (Å²) in [7, 11) is -2.14. The van der Waals surface area contributed by atoms with Crippen LogP contribution in [-0.4, -0.2) is 40.9 Å². The zero-order valence-electron chi connectivity index (χ0n) is 14.9. The first-order valence-corrected chi connectivity index (χ1v) is 10.1. The molecule has 2 aromatic rings. The Kier molecular flexibility index (Phi) is 3.36. The van der Waals surface area contributed by atoms with Gasteiger partial charge < -0.3 is 4.74 Å². The van der Waals surface area contributed by atoms with Crippen LogP contribution in [-0.2, 0) is 21.3 Å². The number of sulfonamides is 1. The molecule has 0 saturated heterocycles. The normalized spacial score (nSPS) is 23.2. The zero-order chi connectivity index (χ0) is 18.8. The number of hydrogen-bond acceptors (Lipinski definition) is 5. The summed E-state index contributed by atoms with van der Waals surface area (Å²) in [5, 5.41) is 8.13. The Morgan fingerprint density at radius 1 is 1.19 bits per heavy atom. The van der Waals surface area contributed by atoms with Crippen molar-refractivity contribution in [1.29, 1.82) is 0 Å². The summed E-state index contributed by atoms with van der Waals surface area (Å²) in [6, 6.07) is 6.49. The molecule has 0 spiro atoms. The number of benzene rings is 1. The lowest BCUT2D eigenvalue weighted by molar-refractivity contribution is 0.222. The van der Waals surface area contributed by atoms with Crippen molar-refractivity contribution in [2.24, 2.45) is 5.92 Å². The number of methoxy groups -OCH3 is 1. The molecule has 1 aromatic carbocycles. The first-order chi connectivity index (χ1) is 13.0. The number of hydrogen-bond donors (Lipinski definition) is 0. The number of nitrogens with zero attached hydrogens (tertiary/aromatic N) is 4. The number of allylic oxidation sites excluding steroid dienone is 2. The van der Waals surface area contributed by atoms with Crippen molar-refractivity contribution in [3.8, 4) is 0 Å². The van der Waals surface area contributed by atoms with E-state index < -0.39 is 16.1 Å². The molecule has 3 heterocycles. The molecule has 1 aliphatic carbocycles. The predicted molar refractivity (Wildman–Crippen MR) is 98.7 cm³/mol. The molecule has 2 aliphatic heterocycles. The number of ether oxygens (including phenoxy) is 1. The fraction of sp³-hybridized carbons (Fsp3) is 0.263. The molecule has 0 fully saturated rings. The Hall–Kier alpha value is -2.87. The largest absolute Gasteiger partial charge is 0.499 e. The summed E-state index contributed by atoms with van der Waals surface area (Å²) in [6.45, 7) is 2.45. The Morgan fingerprint density at radius 3 is 2.70 bits per heavy atom. The van der Waals surface area contributed by atoms with Crippen molar-refractivity contribution in [2.75, 3.05) is 7.11 Å². The number of aromatic nitrogens is 3. The van der Waals surface area contributed by atoms with Gasteiger partial charge in [-0.2, -0.15) is 0 Å². The monoisotopic (exact) mass is 382 g/mol. The molecule has 2 atom stereocenters. The van der Waals surface area contributed by atoms with Crippen molar-refractivity contribution in [1.82, 2.24) is 19.3 Å². The van der Waals surface area contributed by atoms with Crippen LogP contribution >= 0.6 is 0 Å². The highest BCUT2D eigenvalue weighted by Crippen LogP contribution is 2.48. The van der Waals surface area contributed by atoms with E-state index in [9.17, 15) is 8.42 Å². The van der Waals surface area contributed by atoms with E-state index in [1.807, 2.05) is 31.2 Å². The zero-order valence-corrected chi connectivity index (χ0v) is 15.7. The summed E-state index contributed by atoms with van der Waals surface area (Å²) in [4.78, 5) is 0.273. The van der Waals surface area contributed by atoms with Crippen molar-refractivity contribution < 1.29 is 13.2 Å². The van der Waals surface area contributed by atoms with Crippen LogP contribution in [0.3, 0.4) is 0 Å². The first-order valence-electron chi connectivity index (χ1n) is 8.66. The second-order valence-corrected chi connectivity index (χ2v) is 8.79. The van der Waals surface area contributed by atoms with Gasteiger partial charge in [0.2, 0.25) is 0 Å². The molecule has 0 bridgehead atoms. The molecular weight excluding hydrogens is 364 g/mol. The van der Waals surface area contributed by atoms with Crippen molar-refractivity contribution >= 4 is 15.6 Å². The van der Waals surface area contributed by atoms with Gasteiger partial charge in [0.05, 0.1) is 30.4 Å². The maximum atomic E-state index is 13.4. The molecule has 0 unspecified atom stereocenters. The summed E-state index contributed by atoms with van der Waals surface area (Å²) in [6.07, 6.45) is 7.28. The lowest BCUT2D eigenvalue weighted by atomic mass is 9.79. The van der Waals surface area contributed by atoms with E-state index in [1.54, 1.807) is 36.3 Å². The molecule has 0 amide bonds. The van der Waals surface area contributed by atoms with Crippen molar-refractivity contribution in [3.63, 3.8) is 0 Å². The lowest BCUT2D eigenvalue weighted by Crippen LogP contribution is -2.41. The molecule has 1 aromatic heterocycles. The molecule has 0 N–H and O–H groups in total. The van der Waals surface area contributed by atoms with Crippen LogP contribution in [0, 0.1) is 12.8 Å². The lowest BCUT2D eigenvalue weighted by Gasteiger charge is -2.35.